The molecule has 1 aliphatic carbocycles. The Morgan fingerprint density at radius 2 is 1.56 bits per heavy atom. The molecule has 10 heteroatoms. The zero-order chi connectivity index (χ0) is 32.2. The molecule has 3 unspecified atom stereocenters. The predicted octanol–water partition coefficient (Wildman–Crippen LogP) is 3.55. The summed E-state index contributed by atoms with van der Waals surface area (Å²) in [5.74, 6) is -0.923. The van der Waals surface area contributed by atoms with Crippen LogP contribution in [0, 0.1) is 5.92 Å². The second-order valence-electron chi connectivity index (χ2n) is 11.7. The molecule has 0 saturated heterocycles. The third-order valence-corrected chi connectivity index (χ3v) is 13.4. The van der Waals surface area contributed by atoms with Crippen LogP contribution in [0.25, 0.3) is 5.57 Å². The van der Waals surface area contributed by atoms with Gasteiger partial charge in [-0.1, -0.05) is 0 Å². The van der Waals surface area contributed by atoms with Crippen LogP contribution in [0.3, 0.4) is 0 Å². The van der Waals surface area contributed by atoms with Crippen LogP contribution < -0.4 is 16.0 Å². The summed E-state index contributed by atoms with van der Waals surface area (Å²) in [7, 11) is 7.75. The number of aromatic nitrogens is 2. The van der Waals surface area contributed by atoms with E-state index in [9.17, 15) is 19.5 Å². The van der Waals surface area contributed by atoms with Gasteiger partial charge in [0.05, 0.1) is 0 Å². The van der Waals surface area contributed by atoms with Gasteiger partial charge in [-0.15, -0.1) is 0 Å². The van der Waals surface area contributed by atoms with E-state index < -0.39 is 23.0 Å². The molecule has 1 aliphatic heterocycles. The third kappa shape index (κ3) is 4.70. The van der Waals surface area contributed by atoms with Gasteiger partial charge in [-0.05, 0) is 0 Å². The Labute approximate surface area is 276 Å². The fourth-order valence-corrected chi connectivity index (χ4v) is 10.7. The van der Waals surface area contributed by atoms with Crippen LogP contribution in [-0.4, -0.2) is 51.6 Å². The van der Waals surface area contributed by atoms with Crippen LogP contribution in [0.1, 0.15) is 28.2 Å². The molecule has 0 amide bonds. The molecule has 3 atom stereocenters. The Kier molecular flexibility index (Phi) is 7.93. The van der Waals surface area contributed by atoms with Gasteiger partial charge in [0.15, 0.2) is 0 Å². The van der Waals surface area contributed by atoms with Crippen LogP contribution in [0.4, 0.5) is 5.69 Å². The van der Waals surface area contributed by atoms with Crippen molar-refractivity contribution in [3.63, 3.8) is 0 Å². The van der Waals surface area contributed by atoms with E-state index in [-0.39, 0.29) is 51.9 Å². The number of nitrogens with zero attached hydrogens (tertiary/aromatic N) is 3. The summed E-state index contributed by atoms with van der Waals surface area (Å²) < 4.78 is 15.2. The van der Waals surface area contributed by atoms with E-state index in [1.807, 2.05) is 43.4 Å². The van der Waals surface area contributed by atoms with Crippen molar-refractivity contribution < 1.29 is 50.1 Å². The van der Waals surface area contributed by atoms with Gasteiger partial charge in [0.2, 0.25) is 0 Å². The number of methoxy groups -OCH3 is 2. The normalized spacial score (nSPS) is 18.9. The topological polar surface area (TPSA) is 103 Å². The van der Waals surface area contributed by atoms with Crippen molar-refractivity contribution in [1.29, 1.82) is 0 Å². The third-order valence-electron chi connectivity index (χ3n) is 9.27. The Balaban J connectivity index is 1.61. The number of rotatable bonds is 8. The van der Waals surface area contributed by atoms with Gasteiger partial charge in [0.25, 0.3) is 0 Å². The summed E-state index contributed by atoms with van der Waals surface area (Å²) in [4.78, 5) is 40.1. The summed E-state index contributed by atoms with van der Waals surface area (Å²) in [5, 5.41) is 10.9. The number of hydrogen-bond donors (Lipinski definition) is 1. The second-order valence-corrected chi connectivity index (χ2v) is 16.6. The van der Waals surface area contributed by atoms with Crippen molar-refractivity contribution >= 4 is 22.8 Å². The Morgan fingerprint density at radius 3 is 2.18 bits per heavy atom. The first kappa shape index (κ1) is 30.8. The van der Waals surface area contributed by atoms with Crippen LogP contribution in [0.15, 0.2) is 94.2 Å². The van der Waals surface area contributed by atoms with Crippen molar-refractivity contribution in [1.82, 2.24) is 9.13 Å². The summed E-state index contributed by atoms with van der Waals surface area (Å²) in [5.41, 5.74) is 3.56. The van der Waals surface area contributed by atoms with E-state index in [0.717, 1.165) is 38.3 Å². The molecule has 0 bridgehead atoms. The van der Waals surface area contributed by atoms with Gasteiger partial charge in [0.1, 0.15) is 0 Å². The minimum atomic E-state index is -0.804. The predicted molar refractivity (Wildman–Crippen MR) is 166 cm³/mol. The molecule has 6 rings (SSSR count). The Hall–Kier alpha value is -4.24. The number of fused-ring (bicyclic) bond motifs is 1. The fourth-order valence-electron chi connectivity index (χ4n) is 6.97. The summed E-state index contributed by atoms with van der Waals surface area (Å²) in [6, 6.07) is 26.8. The monoisotopic (exact) mass is 793 g/mol. The number of benzene rings is 3. The SMILES string of the molecule is COC1=C(c2c(O)n(C)c(=O)n(C)c2=O)C(=O)C1C1=[N+](C)c2ccc(OC)cc2C1[C]([Hg])(Cc1ccccc1)c1ccccc1. The number of carbonyl (C=O) groups excluding carboxylic acids is 1. The molecule has 45 heavy (non-hydrogen) atoms. The zero-order valence-electron chi connectivity index (χ0n) is 25.9. The molecule has 3 aromatic carbocycles. The van der Waals surface area contributed by atoms with E-state index in [1.165, 1.54) is 32.3 Å². The van der Waals surface area contributed by atoms with Crippen molar-refractivity contribution in [3.05, 3.63) is 128 Å². The summed E-state index contributed by atoms with van der Waals surface area (Å²) in [6.07, 6.45) is 0.752. The molecule has 1 aromatic heterocycles. The number of carbonyl (C=O) groups is 1. The van der Waals surface area contributed by atoms with Crippen molar-refractivity contribution in [2.24, 2.45) is 20.0 Å². The molecule has 2 heterocycles. The quantitative estimate of drug-likeness (QED) is 0.217. The zero-order valence-corrected chi connectivity index (χ0v) is 31.4. The molecule has 1 N–H and O–H groups in total. The minimum absolute atomic E-state index is 0.00370. The van der Waals surface area contributed by atoms with Crippen molar-refractivity contribution in [2.75, 3.05) is 21.3 Å². The van der Waals surface area contributed by atoms with Gasteiger partial charge < -0.3 is 0 Å². The van der Waals surface area contributed by atoms with Crippen molar-refractivity contribution in [2.45, 2.75) is 15.3 Å². The van der Waals surface area contributed by atoms with Crippen LogP contribution >= 0.6 is 0 Å². The molecule has 225 valence electrons. The molecule has 0 radical (unpaired) electrons. The van der Waals surface area contributed by atoms with E-state index in [4.69, 9.17) is 9.47 Å². The number of ketones is 1. The number of Topliss-reactive ketones (excluding diaryl/α,β-unsaturated/α-hetero) is 1. The first-order chi connectivity index (χ1) is 21.5. The maximum atomic E-state index is 14.4. The molecule has 0 fully saturated rings. The van der Waals surface area contributed by atoms with Gasteiger partial charge >= 0.3 is 278 Å². The molecule has 9 nitrogen and oxygen atoms in total. The number of hydrogen-bond acceptors (Lipinski definition) is 6. The average Bonchev–Trinajstić information content (AvgIpc) is 3.35. The van der Waals surface area contributed by atoms with E-state index in [0.29, 0.717) is 5.76 Å². The first-order valence-corrected chi connectivity index (χ1v) is 17.3. The van der Waals surface area contributed by atoms with E-state index >= 15 is 0 Å². The maximum absolute atomic E-state index is 14.4. The van der Waals surface area contributed by atoms with Gasteiger partial charge in [-0.3, -0.25) is 0 Å². The second kappa shape index (κ2) is 11.6. The molecular weight excluding hydrogens is 759 g/mol. The molecule has 0 saturated carbocycles. The Morgan fingerprint density at radius 1 is 0.911 bits per heavy atom. The molecule has 2 aliphatic rings. The molecule has 4 aromatic rings. The van der Waals surface area contributed by atoms with E-state index in [2.05, 4.69) is 47.0 Å². The van der Waals surface area contributed by atoms with Gasteiger partial charge in [-0.2, -0.15) is 0 Å². The summed E-state index contributed by atoms with van der Waals surface area (Å²) in [6.45, 7) is 0. The fraction of sp³-hybridized carbons (Fsp3) is 0.257. The average molecular weight is 792 g/mol. The van der Waals surface area contributed by atoms with Crippen LogP contribution in [0.2, 0.25) is 0 Å². The van der Waals surface area contributed by atoms with Gasteiger partial charge in [0, 0.05) is 0 Å². The first-order valence-electron chi connectivity index (χ1n) is 14.6. The number of allylic oxidation sites excluding steroid dienone is 2. The van der Waals surface area contributed by atoms with Crippen LogP contribution in [-0.2, 0) is 59.1 Å². The number of ether oxygens (including phenoxy) is 2. The van der Waals surface area contributed by atoms with Crippen molar-refractivity contribution in [3.8, 4) is 11.6 Å². The summed E-state index contributed by atoms with van der Waals surface area (Å²) >= 11 is 0.116. The van der Waals surface area contributed by atoms with E-state index in [1.54, 1.807) is 7.11 Å². The number of aromatic hydroxyl groups is 1. The van der Waals surface area contributed by atoms with Crippen LogP contribution in [0.5, 0.6) is 11.6 Å². The van der Waals surface area contributed by atoms with Gasteiger partial charge in [-0.25, -0.2) is 0 Å². The molecular formula is C35H33HgN3O6+. The standard InChI is InChI=1S/C35H32N3O6.Hg/c1-36-25-17-16-22(43-4)19-24(25)26(23(21-14-10-7-11-15-21)18-20-12-8-6-9-13-20)30(36)29-31(39)27(32(29)44-5)28-33(40)37(2)35(42)38(3)34(28)41;/h6-17,19,26,29H,18H2,1-5H3;/p+1. The Bertz CT molecular complexity index is 2030. The molecule has 0 spiro atoms.